The number of aryl methyl sites for hydroxylation is 1. The Bertz CT molecular complexity index is 1280. The van der Waals surface area contributed by atoms with Crippen LogP contribution >= 0.6 is 0 Å². The van der Waals surface area contributed by atoms with Gasteiger partial charge in [-0.2, -0.15) is 5.10 Å². The van der Waals surface area contributed by atoms with Crippen LogP contribution in [0.25, 0.3) is 5.69 Å². The molecule has 0 bridgehead atoms. The van der Waals surface area contributed by atoms with Gasteiger partial charge in [0, 0.05) is 32.4 Å². The number of hydrogen-bond donors (Lipinski definition) is 1. The lowest BCUT2D eigenvalue weighted by Crippen LogP contribution is -2.49. The average molecular weight is 455 g/mol. The molecule has 0 unspecified atom stereocenters. The summed E-state index contributed by atoms with van der Waals surface area (Å²) >= 11 is 0. The summed E-state index contributed by atoms with van der Waals surface area (Å²) in [7, 11) is 0. The van der Waals surface area contributed by atoms with Gasteiger partial charge < -0.3 is 15.1 Å². The standard InChI is InChI=1S/C25H26N8O/c1-18-10-11-26-23(16-18)28-22-8-9-24(30-29-22)31-12-14-32(15-13-31)25(34)21-17-27-33(19(21)2)20-6-4-3-5-7-20/h3-11,16-17H,12-15H2,1-2H3,(H,26,28,29). The van der Waals surface area contributed by atoms with Crippen LogP contribution in [-0.2, 0) is 0 Å². The highest BCUT2D eigenvalue weighted by Crippen LogP contribution is 2.20. The topological polar surface area (TPSA) is 92.1 Å². The Morgan fingerprint density at radius 1 is 0.912 bits per heavy atom. The zero-order chi connectivity index (χ0) is 23.5. The van der Waals surface area contributed by atoms with Crippen molar-refractivity contribution in [1.82, 2.24) is 29.9 Å². The van der Waals surface area contributed by atoms with Crippen molar-refractivity contribution in [3.05, 3.63) is 83.8 Å². The monoisotopic (exact) mass is 454 g/mol. The van der Waals surface area contributed by atoms with Gasteiger partial charge in [0.15, 0.2) is 11.6 Å². The average Bonchev–Trinajstić information content (AvgIpc) is 3.26. The molecule has 1 N–H and O–H groups in total. The van der Waals surface area contributed by atoms with Crippen LogP contribution in [0.1, 0.15) is 21.6 Å². The third-order valence-corrected chi connectivity index (χ3v) is 5.95. The second-order valence-electron chi connectivity index (χ2n) is 8.29. The number of carbonyl (C=O) groups is 1. The second kappa shape index (κ2) is 9.30. The van der Waals surface area contributed by atoms with E-state index in [1.54, 1.807) is 17.1 Å². The molecule has 0 atom stereocenters. The van der Waals surface area contributed by atoms with E-state index in [2.05, 4.69) is 30.5 Å². The molecule has 4 aromatic rings. The molecule has 1 amide bonds. The zero-order valence-corrected chi connectivity index (χ0v) is 19.2. The SMILES string of the molecule is Cc1ccnc(Nc2ccc(N3CCN(C(=O)c4cnn(-c5ccccc5)c4C)CC3)nn2)c1. The van der Waals surface area contributed by atoms with Crippen LogP contribution in [0.15, 0.2) is 67.0 Å². The largest absolute Gasteiger partial charge is 0.352 e. The molecule has 34 heavy (non-hydrogen) atoms. The highest BCUT2D eigenvalue weighted by atomic mass is 16.2. The molecule has 4 heterocycles. The molecule has 3 aromatic heterocycles. The summed E-state index contributed by atoms with van der Waals surface area (Å²) in [5.74, 6) is 2.18. The number of piperazine rings is 1. The Morgan fingerprint density at radius 3 is 2.41 bits per heavy atom. The number of anilines is 3. The summed E-state index contributed by atoms with van der Waals surface area (Å²) in [6.45, 7) is 6.56. The van der Waals surface area contributed by atoms with Gasteiger partial charge in [-0.25, -0.2) is 9.67 Å². The molecular formula is C25H26N8O. The van der Waals surface area contributed by atoms with Gasteiger partial charge in [0.2, 0.25) is 0 Å². The van der Waals surface area contributed by atoms with Crippen molar-refractivity contribution in [3.8, 4) is 5.69 Å². The first-order valence-electron chi connectivity index (χ1n) is 11.3. The minimum Gasteiger partial charge on any atom is -0.352 e. The van der Waals surface area contributed by atoms with Crippen LogP contribution in [0.4, 0.5) is 17.5 Å². The zero-order valence-electron chi connectivity index (χ0n) is 19.2. The molecule has 0 aliphatic carbocycles. The van der Waals surface area contributed by atoms with Gasteiger partial charge in [0.1, 0.15) is 5.82 Å². The van der Waals surface area contributed by atoms with Crippen molar-refractivity contribution in [2.45, 2.75) is 13.8 Å². The van der Waals surface area contributed by atoms with Crippen molar-refractivity contribution in [1.29, 1.82) is 0 Å². The van der Waals surface area contributed by atoms with Crippen molar-refractivity contribution >= 4 is 23.4 Å². The maximum absolute atomic E-state index is 13.2. The first-order chi connectivity index (χ1) is 16.6. The lowest BCUT2D eigenvalue weighted by molar-refractivity contribution is 0.0745. The van der Waals surface area contributed by atoms with Gasteiger partial charge in [-0.15, -0.1) is 10.2 Å². The molecule has 0 spiro atoms. The van der Waals surface area contributed by atoms with E-state index >= 15 is 0 Å². The first kappa shape index (κ1) is 21.6. The first-order valence-corrected chi connectivity index (χ1v) is 11.3. The summed E-state index contributed by atoms with van der Waals surface area (Å²) in [4.78, 5) is 21.5. The summed E-state index contributed by atoms with van der Waals surface area (Å²) in [6.07, 6.45) is 3.42. The van der Waals surface area contributed by atoms with Crippen molar-refractivity contribution in [2.75, 3.05) is 36.4 Å². The van der Waals surface area contributed by atoms with Gasteiger partial charge in [-0.05, 0) is 55.8 Å². The highest BCUT2D eigenvalue weighted by Gasteiger charge is 2.25. The van der Waals surface area contributed by atoms with E-state index in [-0.39, 0.29) is 5.91 Å². The molecule has 1 aliphatic heterocycles. The lowest BCUT2D eigenvalue weighted by atomic mass is 10.2. The molecule has 1 fully saturated rings. The molecule has 172 valence electrons. The minimum atomic E-state index is 0.00983. The van der Waals surface area contributed by atoms with E-state index in [9.17, 15) is 4.79 Å². The predicted octanol–water partition coefficient (Wildman–Crippen LogP) is 3.38. The summed E-state index contributed by atoms with van der Waals surface area (Å²) in [5, 5.41) is 16.3. The van der Waals surface area contributed by atoms with Crippen LogP contribution in [0.2, 0.25) is 0 Å². The van der Waals surface area contributed by atoms with Gasteiger partial charge in [0.05, 0.1) is 23.1 Å². The normalized spacial score (nSPS) is 13.7. The number of rotatable bonds is 5. The van der Waals surface area contributed by atoms with Crippen molar-refractivity contribution in [2.24, 2.45) is 0 Å². The molecule has 0 radical (unpaired) electrons. The molecule has 9 nitrogen and oxygen atoms in total. The fourth-order valence-electron chi connectivity index (χ4n) is 4.05. The van der Waals surface area contributed by atoms with Crippen LogP contribution in [-0.4, -0.2) is 61.9 Å². The number of para-hydroxylation sites is 1. The quantitative estimate of drug-likeness (QED) is 0.494. The van der Waals surface area contributed by atoms with Gasteiger partial charge in [0.25, 0.3) is 5.91 Å². The summed E-state index contributed by atoms with van der Waals surface area (Å²) in [5.41, 5.74) is 3.55. The van der Waals surface area contributed by atoms with Crippen LogP contribution in [0.3, 0.4) is 0 Å². The number of nitrogens with one attached hydrogen (secondary N) is 1. The Morgan fingerprint density at radius 2 is 1.71 bits per heavy atom. The number of carbonyl (C=O) groups excluding carboxylic acids is 1. The van der Waals surface area contributed by atoms with Crippen molar-refractivity contribution in [3.63, 3.8) is 0 Å². The fraction of sp³-hybridized carbons (Fsp3) is 0.240. The van der Waals surface area contributed by atoms with E-state index < -0.39 is 0 Å². The molecular weight excluding hydrogens is 428 g/mol. The predicted molar refractivity (Wildman–Crippen MR) is 131 cm³/mol. The van der Waals surface area contributed by atoms with Gasteiger partial charge in [-0.1, -0.05) is 18.2 Å². The van der Waals surface area contributed by atoms with E-state index in [4.69, 9.17) is 0 Å². The molecule has 5 rings (SSSR count). The third-order valence-electron chi connectivity index (χ3n) is 5.95. The van der Waals surface area contributed by atoms with Crippen molar-refractivity contribution < 1.29 is 4.79 Å². The van der Waals surface area contributed by atoms with E-state index in [0.717, 1.165) is 28.6 Å². The summed E-state index contributed by atoms with van der Waals surface area (Å²) in [6, 6.07) is 17.6. The highest BCUT2D eigenvalue weighted by molar-refractivity contribution is 5.95. The number of aromatic nitrogens is 5. The van der Waals surface area contributed by atoms with Crippen LogP contribution in [0.5, 0.6) is 0 Å². The molecule has 1 aromatic carbocycles. The van der Waals surface area contributed by atoms with E-state index in [1.807, 2.05) is 73.3 Å². The fourth-order valence-corrected chi connectivity index (χ4v) is 4.05. The third kappa shape index (κ3) is 4.45. The van der Waals surface area contributed by atoms with Crippen LogP contribution < -0.4 is 10.2 Å². The maximum Gasteiger partial charge on any atom is 0.257 e. The lowest BCUT2D eigenvalue weighted by Gasteiger charge is -2.35. The molecule has 1 aliphatic rings. The Balaban J connectivity index is 1.20. The van der Waals surface area contributed by atoms with E-state index in [1.165, 1.54) is 0 Å². The number of benzene rings is 1. The second-order valence-corrected chi connectivity index (χ2v) is 8.29. The minimum absolute atomic E-state index is 0.00983. The van der Waals surface area contributed by atoms with Crippen LogP contribution in [0, 0.1) is 13.8 Å². The maximum atomic E-state index is 13.2. The molecule has 9 heteroatoms. The summed E-state index contributed by atoms with van der Waals surface area (Å²) < 4.78 is 1.81. The Kier molecular flexibility index (Phi) is 5.90. The number of pyridine rings is 1. The number of nitrogens with zero attached hydrogens (tertiary/aromatic N) is 7. The Hall–Kier alpha value is -4.27. The van der Waals surface area contributed by atoms with E-state index in [0.29, 0.717) is 37.6 Å². The van der Waals surface area contributed by atoms with Gasteiger partial charge >= 0.3 is 0 Å². The number of amides is 1. The van der Waals surface area contributed by atoms with Gasteiger partial charge in [-0.3, -0.25) is 4.79 Å². The Labute approximate surface area is 198 Å². The molecule has 0 saturated carbocycles. The molecule has 1 saturated heterocycles. The smallest absolute Gasteiger partial charge is 0.257 e. The number of hydrogen-bond acceptors (Lipinski definition) is 7.